The largest absolute Gasteiger partial charge is 0.329 e. The number of hydrogen-bond donors (Lipinski definition) is 1. The van der Waals surface area contributed by atoms with Crippen molar-refractivity contribution in [2.45, 2.75) is 51.1 Å². The summed E-state index contributed by atoms with van der Waals surface area (Å²) in [5.41, 5.74) is 6.32. The second-order valence-electron chi connectivity index (χ2n) is 5.45. The molecule has 0 radical (unpaired) electrons. The average molecular weight is 227 g/mol. The highest BCUT2D eigenvalue weighted by Gasteiger charge is 2.36. The van der Waals surface area contributed by atoms with Crippen molar-refractivity contribution >= 4 is 0 Å². The maximum Gasteiger partial charge on any atom is 0.0344 e. The molecule has 2 atom stereocenters. The van der Waals surface area contributed by atoms with E-state index < -0.39 is 0 Å². The molecule has 3 nitrogen and oxygen atoms in total. The highest BCUT2D eigenvalue weighted by atomic mass is 15.2. The standard InChI is InChI=1S/C13H29N3/c1-5-12(2)16(4)13(11-14)7-6-9-15(3)10-8-13/h12H,5-11,14H2,1-4H3. The second-order valence-corrected chi connectivity index (χ2v) is 5.45. The summed E-state index contributed by atoms with van der Waals surface area (Å²) in [6.07, 6.45) is 4.93. The van der Waals surface area contributed by atoms with Gasteiger partial charge in [0, 0.05) is 18.1 Å². The van der Waals surface area contributed by atoms with E-state index >= 15 is 0 Å². The first kappa shape index (κ1) is 13.9. The van der Waals surface area contributed by atoms with Gasteiger partial charge >= 0.3 is 0 Å². The van der Waals surface area contributed by atoms with Crippen molar-refractivity contribution in [3.8, 4) is 0 Å². The average Bonchev–Trinajstić information content (AvgIpc) is 2.50. The van der Waals surface area contributed by atoms with Crippen molar-refractivity contribution in [2.24, 2.45) is 5.73 Å². The Morgan fingerprint density at radius 3 is 2.62 bits per heavy atom. The van der Waals surface area contributed by atoms with Crippen LogP contribution in [0.2, 0.25) is 0 Å². The van der Waals surface area contributed by atoms with E-state index in [1.807, 2.05) is 0 Å². The first-order valence-electron chi connectivity index (χ1n) is 6.67. The predicted octanol–water partition coefficient (Wildman–Crippen LogP) is 1.53. The molecule has 1 aliphatic heterocycles. The molecular weight excluding hydrogens is 198 g/mol. The number of nitrogens with zero attached hydrogens (tertiary/aromatic N) is 2. The SMILES string of the molecule is CCC(C)N(C)C1(CN)CCCN(C)CC1. The molecule has 1 aliphatic rings. The van der Waals surface area contributed by atoms with E-state index in [-0.39, 0.29) is 5.54 Å². The summed E-state index contributed by atoms with van der Waals surface area (Å²) in [7, 11) is 4.47. The lowest BCUT2D eigenvalue weighted by Gasteiger charge is -2.44. The summed E-state index contributed by atoms with van der Waals surface area (Å²) >= 11 is 0. The Balaban J connectivity index is 2.74. The van der Waals surface area contributed by atoms with Gasteiger partial charge in [0.25, 0.3) is 0 Å². The van der Waals surface area contributed by atoms with Crippen molar-refractivity contribution < 1.29 is 0 Å². The van der Waals surface area contributed by atoms with Crippen LogP contribution in [-0.4, -0.2) is 55.1 Å². The zero-order valence-corrected chi connectivity index (χ0v) is 11.5. The van der Waals surface area contributed by atoms with E-state index in [9.17, 15) is 0 Å². The lowest BCUT2D eigenvalue weighted by molar-refractivity contribution is 0.0685. The van der Waals surface area contributed by atoms with E-state index in [1.165, 1.54) is 38.8 Å². The van der Waals surface area contributed by atoms with Gasteiger partial charge in [0.05, 0.1) is 0 Å². The molecule has 0 saturated carbocycles. The minimum Gasteiger partial charge on any atom is -0.329 e. The van der Waals surface area contributed by atoms with Gasteiger partial charge in [-0.2, -0.15) is 0 Å². The van der Waals surface area contributed by atoms with Crippen molar-refractivity contribution in [3.63, 3.8) is 0 Å². The molecular formula is C13H29N3. The van der Waals surface area contributed by atoms with Crippen LogP contribution in [0.4, 0.5) is 0 Å². The maximum absolute atomic E-state index is 6.09. The second kappa shape index (κ2) is 5.99. The first-order chi connectivity index (χ1) is 7.55. The van der Waals surface area contributed by atoms with Gasteiger partial charge in [0.2, 0.25) is 0 Å². The molecule has 1 fully saturated rings. The van der Waals surface area contributed by atoms with Crippen LogP contribution < -0.4 is 5.73 Å². The van der Waals surface area contributed by atoms with Gasteiger partial charge in [-0.3, -0.25) is 4.90 Å². The summed E-state index contributed by atoms with van der Waals surface area (Å²) in [6, 6.07) is 0.631. The van der Waals surface area contributed by atoms with Gasteiger partial charge in [-0.25, -0.2) is 0 Å². The number of hydrogen-bond acceptors (Lipinski definition) is 3. The topological polar surface area (TPSA) is 32.5 Å². The Hall–Kier alpha value is -0.120. The lowest BCUT2D eigenvalue weighted by Crippen LogP contribution is -2.55. The molecule has 2 N–H and O–H groups in total. The fraction of sp³-hybridized carbons (Fsp3) is 1.00. The molecule has 0 aromatic carbocycles. The molecule has 16 heavy (non-hydrogen) atoms. The first-order valence-corrected chi connectivity index (χ1v) is 6.67. The number of rotatable bonds is 4. The third-order valence-corrected chi connectivity index (χ3v) is 4.52. The van der Waals surface area contributed by atoms with Crippen molar-refractivity contribution in [1.82, 2.24) is 9.80 Å². The monoisotopic (exact) mass is 227 g/mol. The molecule has 1 heterocycles. The normalized spacial score (nSPS) is 30.4. The van der Waals surface area contributed by atoms with Crippen LogP contribution in [0, 0.1) is 0 Å². The zero-order valence-electron chi connectivity index (χ0n) is 11.5. The van der Waals surface area contributed by atoms with Gasteiger partial charge in [0.15, 0.2) is 0 Å². The summed E-state index contributed by atoms with van der Waals surface area (Å²) in [5.74, 6) is 0. The van der Waals surface area contributed by atoms with Gasteiger partial charge in [-0.05, 0) is 59.8 Å². The molecule has 0 bridgehead atoms. The fourth-order valence-corrected chi connectivity index (χ4v) is 2.76. The summed E-state index contributed by atoms with van der Waals surface area (Å²) in [5, 5.41) is 0. The van der Waals surface area contributed by atoms with E-state index in [4.69, 9.17) is 5.73 Å². The molecule has 0 aromatic rings. The molecule has 3 heteroatoms. The minimum atomic E-state index is 0.236. The van der Waals surface area contributed by atoms with Crippen molar-refractivity contribution in [2.75, 3.05) is 33.7 Å². The summed E-state index contributed by atoms with van der Waals surface area (Å²) in [6.45, 7) is 7.76. The predicted molar refractivity (Wildman–Crippen MR) is 70.6 cm³/mol. The van der Waals surface area contributed by atoms with E-state index in [2.05, 4.69) is 37.7 Å². The van der Waals surface area contributed by atoms with Crippen LogP contribution >= 0.6 is 0 Å². The van der Waals surface area contributed by atoms with Gasteiger partial charge in [-0.1, -0.05) is 6.92 Å². The molecule has 2 unspecified atom stereocenters. The number of likely N-dealkylation sites (N-methyl/N-ethyl adjacent to an activating group) is 1. The molecule has 96 valence electrons. The van der Waals surface area contributed by atoms with E-state index in [1.54, 1.807) is 0 Å². The minimum absolute atomic E-state index is 0.236. The van der Waals surface area contributed by atoms with E-state index in [0.717, 1.165) is 6.54 Å². The fourth-order valence-electron chi connectivity index (χ4n) is 2.76. The molecule has 0 amide bonds. The third-order valence-electron chi connectivity index (χ3n) is 4.52. The Morgan fingerprint density at radius 2 is 2.06 bits per heavy atom. The smallest absolute Gasteiger partial charge is 0.0344 e. The van der Waals surface area contributed by atoms with Crippen LogP contribution in [0.25, 0.3) is 0 Å². The van der Waals surface area contributed by atoms with Crippen LogP contribution in [0.3, 0.4) is 0 Å². The Labute approximate surface area is 101 Å². The van der Waals surface area contributed by atoms with E-state index in [0.29, 0.717) is 6.04 Å². The Kier molecular flexibility index (Phi) is 5.22. The van der Waals surface area contributed by atoms with Crippen LogP contribution in [0.5, 0.6) is 0 Å². The highest BCUT2D eigenvalue weighted by Crippen LogP contribution is 2.29. The number of likely N-dealkylation sites (tertiary alicyclic amines) is 1. The molecule has 0 spiro atoms. The van der Waals surface area contributed by atoms with Crippen LogP contribution in [0.15, 0.2) is 0 Å². The third kappa shape index (κ3) is 2.96. The molecule has 1 rings (SSSR count). The van der Waals surface area contributed by atoms with Gasteiger partial charge in [-0.15, -0.1) is 0 Å². The molecule has 1 saturated heterocycles. The van der Waals surface area contributed by atoms with Crippen LogP contribution in [-0.2, 0) is 0 Å². The molecule has 0 aliphatic carbocycles. The highest BCUT2D eigenvalue weighted by molar-refractivity contribution is 4.94. The maximum atomic E-state index is 6.09. The number of nitrogens with two attached hydrogens (primary N) is 1. The van der Waals surface area contributed by atoms with Crippen LogP contribution in [0.1, 0.15) is 39.5 Å². The summed E-state index contributed by atoms with van der Waals surface area (Å²) < 4.78 is 0. The van der Waals surface area contributed by atoms with Crippen molar-refractivity contribution in [1.29, 1.82) is 0 Å². The van der Waals surface area contributed by atoms with Gasteiger partial charge < -0.3 is 10.6 Å². The Morgan fingerprint density at radius 1 is 1.38 bits per heavy atom. The lowest BCUT2D eigenvalue weighted by atomic mass is 9.87. The Bertz CT molecular complexity index is 207. The summed E-state index contributed by atoms with van der Waals surface area (Å²) in [4.78, 5) is 4.97. The quantitative estimate of drug-likeness (QED) is 0.790. The van der Waals surface area contributed by atoms with Crippen molar-refractivity contribution in [3.05, 3.63) is 0 Å². The molecule has 0 aromatic heterocycles. The van der Waals surface area contributed by atoms with Gasteiger partial charge in [0.1, 0.15) is 0 Å². The zero-order chi connectivity index (χ0) is 12.2.